The first-order valence-corrected chi connectivity index (χ1v) is 11.4. The molecule has 0 aliphatic rings. The number of aryl methyl sites for hydroxylation is 1. The first kappa shape index (κ1) is 20.6. The quantitative estimate of drug-likeness (QED) is 0.306. The van der Waals surface area contributed by atoms with Crippen molar-refractivity contribution in [2.45, 2.75) is 38.6 Å². The minimum Gasteiger partial charge on any atom is -0.396 e. The zero-order valence-electron chi connectivity index (χ0n) is 18.8. The zero-order chi connectivity index (χ0) is 22.1. The number of H-pyrrole nitrogens is 1. The number of aromatic amines is 1. The second-order valence-corrected chi connectivity index (χ2v) is 9.08. The highest BCUT2D eigenvalue weighted by atomic mass is 16.2. The molecule has 0 aliphatic carbocycles. The molecule has 0 saturated heterocycles. The number of benzene rings is 3. The van der Waals surface area contributed by atoms with Crippen LogP contribution in [-0.4, -0.2) is 21.3 Å². The summed E-state index contributed by atoms with van der Waals surface area (Å²) in [7, 11) is 0. The molecule has 0 bridgehead atoms. The summed E-state index contributed by atoms with van der Waals surface area (Å²) < 4.78 is 2.37. The summed E-state index contributed by atoms with van der Waals surface area (Å²) in [6.45, 7) is 5.49. The monoisotopic (exact) mass is 422 g/mol. The SMILES string of the molecule is Cc1ccc2c(C(C)(CCCO)c3cn(Cc4ccccc4)c4ccccc34)c[nH]c2c1. The third-order valence-corrected chi connectivity index (χ3v) is 6.85. The molecule has 3 heteroatoms. The number of hydrogen-bond donors (Lipinski definition) is 2. The summed E-state index contributed by atoms with van der Waals surface area (Å²) in [5.74, 6) is 0. The molecule has 2 N–H and O–H groups in total. The van der Waals surface area contributed by atoms with E-state index in [0.717, 1.165) is 19.4 Å². The van der Waals surface area contributed by atoms with Gasteiger partial charge in [0.2, 0.25) is 0 Å². The summed E-state index contributed by atoms with van der Waals surface area (Å²) in [5, 5.41) is 12.3. The van der Waals surface area contributed by atoms with E-state index < -0.39 is 0 Å². The number of aliphatic hydroxyl groups excluding tert-OH is 1. The fourth-order valence-corrected chi connectivity index (χ4v) is 5.14. The summed E-state index contributed by atoms with van der Waals surface area (Å²) >= 11 is 0. The van der Waals surface area contributed by atoms with Crippen molar-refractivity contribution >= 4 is 21.8 Å². The van der Waals surface area contributed by atoms with Crippen LogP contribution in [0.5, 0.6) is 0 Å². The van der Waals surface area contributed by atoms with E-state index in [4.69, 9.17) is 0 Å². The molecule has 1 unspecified atom stereocenters. The lowest BCUT2D eigenvalue weighted by Crippen LogP contribution is -2.24. The van der Waals surface area contributed by atoms with Crippen LogP contribution in [0.25, 0.3) is 21.8 Å². The lowest BCUT2D eigenvalue weighted by atomic mass is 9.73. The van der Waals surface area contributed by atoms with Crippen molar-refractivity contribution in [3.8, 4) is 0 Å². The molecule has 5 rings (SSSR count). The Morgan fingerprint density at radius 1 is 0.906 bits per heavy atom. The van der Waals surface area contributed by atoms with Crippen LogP contribution in [0.3, 0.4) is 0 Å². The first-order chi connectivity index (χ1) is 15.6. The minimum absolute atomic E-state index is 0.194. The van der Waals surface area contributed by atoms with Crippen molar-refractivity contribution in [1.29, 1.82) is 0 Å². The first-order valence-electron chi connectivity index (χ1n) is 11.4. The highest BCUT2D eigenvalue weighted by Gasteiger charge is 2.34. The van der Waals surface area contributed by atoms with Gasteiger partial charge >= 0.3 is 0 Å². The normalized spacial score (nSPS) is 13.6. The van der Waals surface area contributed by atoms with Crippen LogP contribution >= 0.6 is 0 Å². The molecule has 32 heavy (non-hydrogen) atoms. The number of rotatable bonds is 7. The predicted molar refractivity (Wildman–Crippen MR) is 133 cm³/mol. The van der Waals surface area contributed by atoms with Gasteiger partial charge in [0.25, 0.3) is 0 Å². The molecule has 2 heterocycles. The molecule has 0 amide bonds. The number of hydrogen-bond acceptors (Lipinski definition) is 1. The van der Waals surface area contributed by atoms with Gasteiger partial charge in [-0.05, 0) is 54.2 Å². The largest absolute Gasteiger partial charge is 0.396 e. The van der Waals surface area contributed by atoms with E-state index in [-0.39, 0.29) is 12.0 Å². The van der Waals surface area contributed by atoms with Crippen LogP contribution in [0, 0.1) is 6.92 Å². The van der Waals surface area contributed by atoms with Crippen molar-refractivity contribution < 1.29 is 5.11 Å². The number of nitrogens with zero attached hydrogens (tertiary/aromatic N) is 1. The predicted octanol–water partition coefficient (Wildman–Crippen LogP) is 6.56. The van der Waals surface area contributed by atoms with Crippen molar-refractivity contribution in [3.05, 3.63) is 107 Å². The highest BCUT2D eigenvalue weighted by molar-refractivity contribution is 5.90. The van der Waals surface area contributed by atoms with Gasteiger partial charge in [0.1, 0.15) is 0 Å². The van der Waals surface area contributed by atoms with E-state index in [1.54, 1.807) is 0 Å². The van der Waals surface area contributed by atoms with E-state index in [2.05, 4.69) is 109 Å². The van der Waals surface area contributed by atoms with Crippen LogP contribution in [0.15, 0.2) is 85.2 Å². The number of aliphatic hydroxyl groups is 1. The summed E-state index contributed by atoms with van der Waals surface area (Å²) in [6, 6.07) is 26.0. The Hall–Kier alpha value is -3.30. The van der Waals surface area contributed by atoms with Gasteiger partial charge in [0.05, 0.1) is 0 Å². The summed E-state index contributed by atoms with van der Waals surface area (Å²) in [5.41, 5.74) is 7.35. The van der Waals surface area contributed by atoms with Gasteiger partial charge in [-0.1, -0.05) is 67.6 Å². The number of nitrogens with one attached hydrogen (secondary N) is 1. The van der Waals surface area contributed by atoms with Crippen LogP contribution in [0.1, 0.15) is 42.0 Å². The number of para-hydroxylation sites is 1. The maximum atomic E-state index is 9.72. The van der Waals surface area contributed by atoms with E-state index >= 15 is 0 Å². The minimum atomic E-state index is -0.224. The Morgan fingerprint density at radius 2 is 1.69 bits per heavy atom. The molecule has 2 aromatic heterocycles. The molecule has 0 spiro atoms. The van der Waals surface area contributed by atoms with Crippen LogP contribution in [0.4, 0.5) is 0 Å². The van der Waals surface area contributed by atoms with Gasteiger partial charge in [-0.15, -0.1) is 0 Å². The van der Waals surface area contributed by atoms with Crippen LogP contribution < -0.4 is 0 Å². The average Bonchev–Trinajstić information content (AvgIpc) is 3.40. The van der Waals surface area contributed by atoms with E-state index in [9.17, 15) is 5.11 Å². The fourth-order valence-electron chi connectivity index (χ4n) is 5.14. The standard InChI is InChI=1S/C29H30N2O/c1-21-13-14-23-25(18-30-27(23)17-21)29(2,15-8-16-32)26-20-31(19-22-9-4-3-5-10-22)28-12-7-6-11-24(26)28/h3-7,9-14,17-18,20,30,32H,8,15-16,19H2,1-2H3. The molecule has 0 radical (unpaired) electrons. The maximum Gasteiger partial charge on any atom is 0.0486 e. The van der Waals surface area contributed by atoms with Gasteiger partial charge in [-0.3, -0.25) is 0 Å². The summed E-state index contributed by atoms with van der Waals surface area (Å²) in [6.07, 6.45) is 6.14. The molecular formula is C29H30N2O. The molecule has 0 saturated carbocycles. The van der Waals surface area contributed by atoms with Gasteiger partial charge in [0, 0.05) is 52.8 Å². The van der Waals surface area contributed by atoms with Crippen LogP contribution in [-0.2, 0) is 12.0 Å². The molecule has 5 aromatic rings. The molecule has 1 atom stereocenters. The average molecular weight is 423 g/mol. The molecule has 3 aromatic carbocycles. The third-order valence-electron chi connectivity index (χ3n) is 6.85. The molecule has 3 nitrogen and oxygen atoms in total. The Bertz CT molecular complexity index is 1360. The van der Waals surface area contributed by atoms with E-state index in [1.165, 1.54) is 44.1 Å². The Kier molecular flexibility index (Phi) is 5.36. The lowest BCUT2D eigenvalue weighted by Gasteiger charge is -2.30. The fraction of sp³-hybridized carbons (Fsp3) is 0.241. The van der Waals surface area contributed by atoms with Crippen molar-refractivity contribution in [1.82, 2.24) is 9.55 Å². The second kappa shape index (κ2) is 8.33. The Balaban J connectivity index is 1.70. The second-order valence-electron chi connectivity index (χ2n) is 9.08. The topological polar surface area (TPSA) is 41.0 Å². The van der Waals surface area contributed by atoms with Crippen molar-refractivity contribution in [2.75, 3.05) is 6.61 Å². The van der Waals surface area contributed by atoms with Crippen molar-refractivity contribution in [2.24, 2.45) is 0 Å². The molecular weight excluding hydrogens is 392 g/mol. The lowest BCUT2D eigenvalue weighted by molar-refractivity contribution is 0.272. The molecule has 0 fully saturated rings. The van der Waals surface area contributed by atoms with Crippen molar-refractivity contribution in [3.63, 3.8) is 0 Å². The van der Waals surface area contributed by atoms with Gasteiger partial charge in [-0.2, -0.15) is 0 Å². The Morgan fingerprint density at radius 3 is 2.50 bits per heavy atom. The molecule has 162 valence electrons. The third kappa shape index (κ3) is 3.53. The smallest absolute Gasteiger partial charge is 0.0486 e. The van der Waals surface area contributed by atoms with E-state index in [1.807, 2.05) is 0 Å². The van der Waals surface area contributed by atoms with Gasteiger partial charge < -0.3 is 14.7 Å². The van der Waals surface area contributed by atoms with Crippen LogP contribution in [0.2, 0.25) is 0 Å². The van der Waals surface area contributed by atoms with Gasteiger partial charge in [0.15, 0.2) is 0 Å². The molecule has 0 aliphatic heterocycles. The zero-order valence-corrected chi connectivity index (χ0v) is 18.8. The highest BCUT2D eigenvalue weighted by Crippen LogP contribution is 2.43. The van der Waals surface area contributed by atoms with Gasteiger partial charge in [-0.25, -0.2) is 0 Å². The number of aromatic nitrogens is 2. The number of fused-ring (bicyclic) bond motifs is 2. The maximum absolute atomic E-state index is 9.72. The van der Waals surface area contributed by atoms with E-state index in [0.29, 0.717) is 0 Å². The summed E-state index contributed by atoms with van der Waals surface area (Å²) in [4.78, 5) is 3.51. The Labute approximate surface area is 189 Å².